The molecule has 1 amide bonds. The van der Waals surface area contributed by atoms with Crippen molar-refractivity contribution in [3.63, 3.8) is 0 Å². The largest absolute Gasteiger partial charge is 0.271 e. The van der Waals surface area contributed by atoms with Crippen LogP contribution in [-0.2, 0) is 0 Å². The highest BCUT2D eigenvalue weighted by atomic mass is 35.5. The third kappa shape index (κ3) is 3.42. The summed E-state index contributed by atoms with van der Waals surface area (Å²) < 4.78 is 13.5. The zero-order valence-corrected chi connectivity index (χ0v) is 11.5. The molecular weight excluding hydrogens is 279 g/mol. The number of rotatable bonds is 3. The Morgan fingerprint density at radius 2 is 1.95 bits per heavy atom. The van der Waals surface area contributed by atoms with Gasteiger partial charge in [0.1, 0.15) is 5.82 Å². The Hall–Kier alpha value is -2.20. The van der Waals surface area contributed by atoms with Crippen molar-refractivity contribution in [2.24, 2.45) is 5.10 Å². The van der Waals surface area contributed by atoms with Crippen molar-refractivity contribution in [2.45, 2.75) is 6.92 Å². The van der Waals surface area contributed by atoms with Crippen molar-refractivity contribution in [3.8, 4) is 0 Å². The van der Waals surface area contributed by atoms with E-state index in [1.54, 1.807) is 43.3 Å². The number of halogens is 2. The van der Waals surface area contributed by atoms with Gasteiger partial charge in [0.15, 0.2) is 0 Å². The summed E-state index contributed by atoms with van der Waals surface area (Å²) in [6.45, 7) is 1.62. The van der Waals surface area contributed by atoms with Crippen molar-refractivity contribution in [1.29, 1.82) is 0 Å². The second kappa shape index (κ2) is 6.30. The van der Waals surface area contributed by atoms with E-state index < -0.39 is 5.91 Å². The number of carbonyl (C=O) groups is 1. The summed E-state index contributed by atoms with van der Waals surface area (Å²) in [6.07, 6.45) is 0. The van der Waals surface area contributed by atoms with Crippen molar-refractivity contribution in [1.82, 2.24) is 5.43 Å². The van der Waals surface area contributed by atoms with Crippen LogP contribution in [0.4, 0.5) is 4.39 Å². The number of hydrazone groups is 1. The monoisotopic (exact) mass is 290 g/mol. The summed E-state index contributed by atoms with van der Waals surface area (Å²) in [5.41, 5.74) is 3.50. The fourth-order valence-electron chi connectivity index (χ4n) is 1.64. The van der Waals surface area contributed by atoms with Crippen LogP contribution in [0.3, 0.4) is 0 Å². The Kier molecular flexibility index (Phi) is 4.48. The normalized spacial score (nSPS) is 11.2. The smallest absolute Gasteiger partial charge is 0.267 e. The summed E-state index contributed by atoms with van der Waals surface area (Å²) >= 11 is 5.80. The zero-order valence-electron chi connectivity index (χ0n) is 10.7. The molecule has 102 valence electrons. The number of benzene rings is 2. The van der Waals surface area contributed by atoms with Crippen LogP contribution < -0.4 is 5.43 Å². The lowest BCUT2D eigenvalue weighted by Crippen LogP contribution is -2.19. The summed E-state index contributed by atoms with van der Waals surface area (Å²) in [6, 6.07) is 12.7. The molecule has 1 N–H and O–H groups in total. The molecule has 5 heteroatoms. The number of nitrogens with zero attached hydrogens (tertiary/aromatic N) is 1. The number of nitrogens with one attached hydrogen (secondary N) is 1. The third-order valence-electron chi connectivity index (χ3n) is 2.68. The van der Waals surface area contributed by atoms with Gasteiger partial charge in [-0.05, 0) is 31.2 Å². The molecule has 2 rings (SSSR count). The summed E-state index contributed by atoms with van der Waals surface area (Å²) in [5, 5.41) is 4.36. The molecule has 0 aliphatic rings. The van der Waals surface area contributed by atoms with Crippen LogP contribution in [0.1, 0.15) is 22.8 Å². The molecule has 0 aromatic heterocycles. The minimum atomic E-state index is -0.400. The first kappa shape index (κ1) is 14.2. The van der Waals surface area contributed by atoms with E-state index in [0.717, 1.165) is 0 Å². The Balaban J connectivity index is 2.13. The highest BCUT2D eigenvalue weighted by Crippen LogP contribution is 2.11. The molecule has 3 nitrogen and oxygen atoms in total. The molecule has 0 aliphatic heterocycles. The molecule has 0 unspecified atom stereocenters. The van der Waals surface area contributed by atoms with E-state index in [0.29, 0.717) is 21.9 Å². The Morgan fingerprint density at radius 1 is 1.20 bits per heavy atom. The molecule has 0 atom stereocenters. The van der Waals surface area contributed by atoms with Gasteiger partial charge in [0, 0.05) is 16.1 Å². The minimum absolute atomic E-state index is 0.346. The van der Waals surface area contributed by atoms with Crippen LogP contribution in [0.2, 0.25) is 5.02 Å². The lowest BCUT2D eigenvalue weighted by Gasteiger charge is -2.04. The maximum Gasteiger partial charge on any atom is 0.271 e. The van der Waals surface area contributed by atoms with E-state index in [2.05, 4.69) is 10.5 Å². The van der Waals surface area contributed by atoms with Gasteiger partial charge in [-0.1, -0.05) is 35.9 Å². The fraction of sp³-hybridized carbons (Fsp3) is 0.0667. The number of hydrogen-bond acceptors (Lipinski definition) is 2. The van der Waals surface area contributed by atoms with Gasteiger partial charge in [-0.25, -0.2) is 9.82 Å². The lowest BCUT2D eigenvalue weighted by atomic mass is 10.1. The topological polar surface area (TPSA) is 41.5 Å². The van der Waals surface area contributed by atoms with Crippen molar-refractivity contribution < 1.29 is 9.18 Å². The van der Waals surface area contributed by atoms with E-state index in [4.69, 9.17) is 11.6 Å². The first-order valence-corrected chi connectivity index (χ1v) is 6.31. The van der Waals surface area contributed by atoms with Gasteiger partial charge in [0.2, 0.25) is 0 Å². The lowest BCUT2D eigenvalue weighted by molar-refractivity contribution is 0.0955. The molecule has 2 aromatic carbocycles. The van der Waals surface area contributed by atoms with Crippen LogP contribution in [0.15, 0.2) is 53.6 Å². The molecule has 20 heavy (non-hydrogen) atoms. The average Bonchev–Trinajstić information content (AvgIpc) is 2.45. The second-order valence-electron chi connectivity index (χ2n) is 4.13. The average molecular weight is 291 g/mol. The van der Waals surface area contributed by atoms with Gasteiger partial charge in [-0.3, -0.25) is 4.79 Å². The van der Waals surface area contributed by atoms with Gasteiger partial charge < -0.3 is 0 Å². The third-order valence-corrected chi connectivity index (χ3v) is 2.91. The summed E-state index contributed by atoms with van der Waals surface area (Å²) in [4.78, 5) is 11.8. The SMILES string of the molecule is C/C(=N/NC(=O)c1cccc(Cl)c1)c1ccccc1F. The highest BCUT2D eigenvalue weighted by molar-refractivity contribution is 6.30. The number of hydrogen-bond donors (Lipinski definition) is 1. The van der Waals surface area contributed by atoms with Gasteiger partial charge in [-0.2, -0.15) is 5.10 Å². The van der Waals surface area contributed by atoms with Crippen molar-refractivity contribution >= 4 is 23.2 Å². The zero-order chi connectivity index (χ0) is 14.5. The first-order valence-electron chi connectivity index (χ1n) is 5.93. The van der Waals surface area contributed by atoms with Crippen LogP contribution in [0.25, 0.3) is 0 Å². The minimum Gasteiger partial charge on any atom is -0.267 e. The second-order valence-corrected chi connectivity index (χ2v) is 4.56. The summed E-state index contributed by atoms with van der Waals surface area (Å²) in [5.74, 6) is -0.783. The molecule has 0 radical (unpaired) electrons. The number of carbonyl (C=O) groups excluding carboxylic acids is 1. The van der Waals surface area contributed by atoms with Gasteiger partial charge in [-0.15, -0.1) is 0 Å². The van der Waals surface area contributed by atoms with Gasteiger partial charge in [0.05, 0.1) is 5.71 Å². The maximum absolute atomic E-state index is 13.5. The molecule has 2 aromatic rings. The van der Waals surface area contributed by atoms with E-state index in [-0.39, 0.29) is 5.82 Å². The molecule has 0 saturated heterocycles. The highest BCUT2D eigenvalue weighted by Gasteiger charge is 2.07. The molecule has 0 heterocycles. The maximum atomic E-state index is 13.5. The molecule has 0 bridgehead atoms. The molecule has 0 spiro atoms. The Labute approximate surface area is 121 Å². The van der Waals surface area contributed by atoms with Crippen LogP contribution in [0, 0.1) is 5.82 Å². The van der Waals surface area contributed by atoms with Crippen LogP contribution in [-0.4, -0.2) is 11.6 Å². The summed E-state index contributed by atoms with van der Waals surface area (Å²) in [7, 11) is 0. The van der Waals surface area contributed by atoms with E-state index in [1.807, 2.05) is 0 Å². The van der Waals surface area contributed by atoms with E-state index in [1.165, 1.54) is 12.1 Å². The predicted molar refractivity (Wildman–Crippen MR) is 77.5 cm³/mol. The van der Waals surface area contributed by atoms with Crippen LogP contribution in [0.5, 0.6) is 0 Å². The Morgan fingerprint density at radius 3 is 2.65 bits per heavy atom. The van der Waals surface area contributed by atoms with Crippen molar-refractivity contribution in [3.05, 3.63) is 70.5 Å². The standard InChI is InChI=1S/C15H12ClFN2O/c1-10(13-7-2-3-8-14(13)17)18-19-15(20)11-5-4-6-12(16)9-11/h2-9H,1H3,(H,19,20)/b18-10-. The molecular formula is C15H12ClFN2O. The Bertz CT molecular complexity index is 670. The van der Waals surface area contributed by atoms with Crippen molar-refractivity contribution in [2.75, 3.05) is 0 Å². The quantitative estimate of drug-likeness (QED) is 0.680. The predicted octanol–water partition coefficient (Wildman–Crippen LogP) is 3.63. The molecule has 0 saturated carbocycles. The van der Waals surface area contributed by atoms with Gasteiger partial charge in [0.25, 0.3) is 5.91 Å². The molecule has 0 fully saturated rings. The van der Waals surface area contributed by atoms with E-state index >= 15 is 0 Å². The van der Waals surface area contributed by atoms with Crippen LogP contribution >= 0.6 is 11.6 Å². The fourth-order valence-corrected chi connectivity index (χ4v) is 1.83. The van der Waals surface area contributed by atoms with Gasteiger partial charge >= 0.3 is 0 Å². The van der Waals surface area contributed by atoms with E-state index in [9.17, 15) is 9.18 Å². The first-order chi connectivity index (χ1) is 9.58. The molecule has 0 aliphatic carbocycles. The number of amides is 1.